The van der Waals surface area contributed by atoms with Crippen molar-refractivity contribution in [3.05, 3.63) is 11.3 Å². The molecule has 1 saturated carbocycles. The van der Waals surface area contributed by atoms with Gasteiger partial charge in [0, 0.05) is 11.5 Å². The Balaban J connectivity index is 2.36. The van der Waals surface area contributed by atoms with Crippen LogP contribution in [0.25, 0.3) is 0 Å². The molecule has 0 bridgehead atoms. The fraction of sp³-hybridized carbons (Fsp3) is 0.714. The van der Waals surface area contributed by atoms with Gasteiger partial charge in [0.2, 0.25) is 5.88 Å². The molecular formula is C14H22N2O3. The number of ether oxygens (including phenoxy) is 2. The predicted octanol–water partition coefficient (Wildman–Crippen LogP) is 2.07. The monoisotopic (exact) mass is 266 g/mol. The van der Waals surface area contributed by atoms with Gasteiger partial charge in [0.25, 0.3) is 0 Å². The summed E-state index contributed by atoms with van der Waals surface area (Å²) in [6, 6.07) is 0.357. The molecule has 1 aliphatic carbocycles. The molecule has 1 fully saturated rings. The molecule has 0 aromatic carbocycles. The van der Waals surface area contributed by atoms with E-state index in [1.807, 2.05) is 0 Å². The molecule has 1 aliphatic rings. The Morgan fingerprint density at radius 2 is 1.79 bits per heavy atom. The lowest BCUT2D eigenvalue weighted by Gasteiger charge is -2.26. The smallest absolute Gasteiger partial charge is 0.319 e. The summed E-state index contributed by atoms with van der Waals surface area (Å²) in [6.07, 6.45) is 4.26. The molecule has 1 N–H and O–H groups in total. The molecule has 0 aliphatic heterocycles. The highest BCUT2D eigenvalue weighted by atomic mass is 16.5. The van der Waals surface area contributed by atoms with Gasteiger partial charge in [-0.15, -0.1) is 0 Å². The molecule has 1 aromatic rings. The lowest BCUT2D eigenvalue weighted by Crippen LogP contribution is -2.19. The predicted molar refractivity (Wildman–Crippen MR) is 71.7 cm³/mol. The van der Waals surface area contributed by atoms with Crippen LogP contribution in [0.4, 0.5) is 0 Å². The van der Waals surface area contributed by atoms with Crippen LogP contribution < -0.4 is 9.47 Å². The molecular weight excluding hydrogens is 244 g/mol. The number of rotatable bonds is 4. The van der Waals surface area contributed by atoms with E-state index in [4.69, 9.17) is 9.47 Å². The molecule has 0 saturated heterocycles. The molecule has 0 spiro atoms. The van der Waals surface area contributed by atoms with Crippen LogP contribution in [0, 0.1) is 0 Å². The Morgan fingerprint density at radius 1 is 1.11 bits per heavy atom. The average Bonchev–Trinajstić information content (AvgIpc) is 2.46. The third kappa shape index (κ3) is 2.97. The van der Waals surface area contributed by atoms with Gasteiger partial charge in [-0.05, 0) is 32.1 Å². The minimum atomic E-state index is -0.160. The van der Waals surface area contributed by atoms with E-state index < -0.39 is 0 Å². The number of aromatic nitrogens is 2. The fourth-order valence-electron chi connectivity index (χ4n) is 2.74. The third-order valence-electron chi connectivity index (χ3n) is 3.79. The van der Waals surface area contributed by atoms with Crippen molar-refractivity contribution in [2.24, 2.45) is 0 Å². The molecule has 1 aromatic heterocycles. The van der Waals surface area contributed by atoms with Gasteiger partial charge in [-0.2, -0.15) is 9.97 Å². The van der Waals surface area contributed by atoms with Gasteiger partial charge in [0.15, 0.2) is 0 Å². The minimum Gasteiger partial charge on any atom is -0.481 e. The van der Waals surface area contributed by atoms with E-state index >= 15 is 0 Å². The molecule has 2 rings (SSSR count). The van der Waals surface area contributed by atoms with Gasteiger partial charge in [0.1, 0.15) is 0 Å². The number of nitrogens with zero attached hydrogens (tertiary/aromatic N) is 2. The molecule has 0 amide bonds. The average molecular weight is 266 g/mol. The molecule has 5 nitrogen and oxygen atoms in total. The summed E-state index contributed by atoms with van der Waals surface area (Å²) in [4.78, 5) is 8.77. The van der Waals surface area contributed by atoms with Gasteiger partial charge >= 0.3 is 6.01 Å². The molecule has 0 radical (unpaired) electrons. The number of hydrogen-bond acceptors (Lipinski definition) is 5. The summed E-state index contributed by atoms with van der Waals surface area (Å²) >= 11 is 0. The lowest BCUT2D eigenvalue weighted by molar-refractivity contribution is 0.121. The minimum absolute atomic E-state index is 0.160. The first-order chi connectivity index (χ1) is 9.19. The van der Waals surface area contributed by atoms with Crippen LogP contribution in [0.5, 0.6) is 11.9 Å². The quantitative estimate of drug-likeness (QED) is 0.903. The maximum Gasteiger partial charge on any atom is 0.319 e. The summed E-state index contributed by atoms with van der Waals surface area (Å²) in [5.41, 5.74) is 2.09. The van der Waals surface area contributed by atoms with E-state index in [2.05, 4.69) is 16.9 Å². The van der Waals surface area contributed by atoms with Crippen molar-refractivity contribution in [1.29, 1.82) is 0 Å². The molecule has 0 unspecified atom stereocenters. The Kier molecular flexibility index (Phi) is 4.58. The molecule has 19 heavy (non-hydrogen) atoms. The molecule has 5 heteroatoms. The highest BCUT2D eigenvalue weighted by molar-refractivity contribution is 5.35. The normalized spacial score (nSPS) is 23.2. The zero-order valence-corrected chi connectivity index (χ0v) is 11.8. The van der Waals surface area contributed by atoms with Gasteiger partial charge in [-0.1, -0.05) is 6.92 Å². The van der Waals surface area contributed by atoms with E-state index in [1.54, 1.807) is 14.2 Å². The SMILES string of the molecule is CCc1c(OC)nc(OC)nc1C1CCC(O)CC1. The molecule has 106 valence electrons. The van der Waals surface area contributed by atoms with Crippen molar-refractivity contribution >= 4 is 0 Å². The second kappa shape index (κ2) is 6.19. The van der Waals surface area contributed by atoms with Crippen molar-refractivity contribution < 1.29 is 14.6 Å². The zero-order valence-electron chi connectivity index (χ0n) is 11.8. The number of aliphatic hydroxyl groups is 1. The van der Waals surface area contributed by atoms with Crippen LogP contribution in [0.1, 0.15) is 49.8 Å². The molecule has 0 atom stereocenters. The Hall–Kier alpha value is -1.36. The number of aliphatic hydroxyl groups excluding tert-OH is 1. The fourth-order valence-corrected chi connectivity index (χ4v) is 2.74. The van der Waals surface area contributed by atoms with Crippen LogP contribution in [0.3, 0.4) is 0 Å². The summed E-state index contributed by atoms with van der Waals surface area (Å²) in [5.74, 6) is 0.972. The van der Waals surface area contributed by atoms with Crippen LogP contribution >= 0.6 is 0 Å². The third-order valence-corrected chi connectivity index (χ3v) is 3.79. The maximum atomic E-state index is 9.62. The van der Waals surface area contributed by atoms with Crippen LogP contribution in [0.15, 0.2) is 0 Å². The first-order valence-corrected chi connectivity index (χ1v) is 6.86. The van der Waals surface area contributed by atoms with E-state index in [9.17, 15) is 5.11 Å². The van der Waals surface area contributed by atoms with Crippen molar-refractivity contribution in [2.75, 3.05) is 14.2 Å². The van der Waals surface area contributed by atoms with E-state index in [0.29, 0.717) is 17.8 Å². The summed E-state index contributed by atoms with van der Waals surface area (Å²) in [7, 11) is 3.18. The summed E-state index contributed by atoms with van der Waals surface area (Å²) < 4.78 is 10.5. The summed E-state index contributed by atoms with van der Waals surface area (Å²) in [5, 5.41) is 9.62. The highest BCUT2D eigenvalue weighted by Gasteiger charge is 2.26. The Morgan fingerprint density at radius 3 is 2.32 bits per heavy atom. The van der Waals surface area contributed by atoms with Crippen molar-refractivity contribution in [2.45, 2.75) is 51.0 Å². The van der Waals surface area contributed by atoms with E-state index in [-0.39, 0.29) is 6.10 Å². The summed E-state index contributed by atoms with van der Waals surface area (Å²) in [6.45, 7) is 2.08. The lowest BCUT2D eigenvalue weighted by atomic mass is 9.83. The second-order valence-electron chi connectivity index (χ2n) is 4.94. The van der Waals surface area contributed by atoms with E-state index in [1.165, 1.54) is 0 Å². The van der Waals surface area contributed by atoms with Crippen LogP contribution in [0.2, 0.25) is 0 Å². The van der Waals surface area contributed by atoms with Crippen molar-refractivity contribution in [3.8, 4) is 11.9 Å². The van der Waals surface area contributed by atoms with Crippen LogP contribution in [-0.2, 0) is 6.42 Å². The first-order valence-electron chi connectivity index (χ1n) is 6.86. The topological polar surface area (TPSA) is 64.5 Å². The zero-order chi connectivity index (χ0) is 13.8. The largest absolute Gasteiger partial charge is 0.481 e. The highest BCUT2D eigenvalue weighted by Crippen LogP contribution is 2.36. The van der Waals surface area contributed by atoms with Gasteiger partial charge in [-0.3, -0.25) is 0 Å². The van der Waals surface area contributed by atoms with Crippen molar-refractivity contribution in [1.82, 2.24) is 9.97 Å². The second-order valence-corrected chi connectivity index (χ2v) is 4.94. The Labute approximate surface area is 114 Å². The first kappa shape index (κ1) is 14.1. The van der Waals surface area contributed by atoms with Gasteiger partial charge < -0.3 is 14.6 Å². The number of hydrogen-bond donors (Lipinski definition) is 1. The molecule has 1 heterocycles. The standard InChI is InChI=1S/C14H22N2O3/c1-4-11-12(9-5-7-10(17)8-6-9)15-14(19-3)16-13(11)18-2/h9-10,17H,4-8H2,1-3H3. The Bertz CT molecular complexity index is 429. The van der Waals surface area contributed by atoms with E-state index in [0.717, 1.165) is 43.4 Å². The van der Waals surface area contributed by atoms with Crippen LogP contribution in [-0.4, -0.2) is 35.4 Å². The van der Waals surface area contributed by atoms with Gasteiger partial charge in [-0.25, -0.2) is 0 Å². The van der Waals surface area contributed by atoms with Gasteiger partial charge in [0.05, 0.1) is 26.0 Å². The number of methoxy groups -OCH3 is 2. The maximum absolute atomic E-state index is 9.62. The van der Waals surface area contributed by atoms with Crippen molar-refractivity contribution in [3.63, 3.8) is 0 Å².